The maximum Gasteiger partial charge on any atom is 0.346 e. The Morgan fingerprint density at radius 1 is 1.38 bits per heavy atom. The monoisotopic (exact) mass is 286 g/mol. The van der Waals surface area contributed by atoms with E-state index >= 15 is 0 Å². The zero-order valence-corrected chi connectivity index (χ0v) is 12.0. The summed E-state index contributed by atoms with van der Waals surface area (Å²) in [7, 11) is 0. The Morgan fingerprint density at radius 2 is 2.24 bits per heavy atom. The number of carbonyl (C=O) groups excluding carboxylic acids is 1. The predicted molar refractivity (Wildman–Crippen MR) is 79.2 cm³/mol. The molecule has 1 aliphatic heterocycles. The van der Waals surface area contributed by atoms with E-state index in [1.807, 2.05) is 31.2 Å². The minimum atomic E-state index is -0.238. The summed E-state index contributed by atoms with van der Waals surface area (Å²) in [6.07, 6.45) is 2.85. The molecule has 1 N–H and O–H groups in total. The van der Waals surface area contributed by atoms with Gasteiger partial charge in [-0.2, -0.15) is 5.10 Å². The van der Waals surface area contributed by atoms with Crippen molar-refractivity contribution in [3.8, 4) is 0 Å². The van der Waals surface area contributed by atoms with Crippen LogP contribution in [0.3, 0.4) is 0 Å². The molecule has 1 aromatic heterocycles. The number of aryl methyl sites for hydroxylation is 2. The molecular formula is C15H18N4O2. The van der Waals surface area contributed by atoms with E-state index in [1.54, 1.807) is 4.57 Å². The van der Waals surface area contributed by atoms with Gasteiger partial charge in [0.2, 0.25) is 5.91 Å². The van der Waals surface area contributed by atoms with E-state index in [1.165, 1.54) is 4.68 Å². The Kier molecular flexibility index (Phi) is 3.60. The van der Waals surface area contributed by atoms with Gasteiger partial charge in [0.15, 0.2) is 0 Å². The van der Waals surface area contributed by atoms with Crippen molar-refractivity contribution in [3.63, 3.8) is 0 Å². The minimum absolute atomic E-state index is 0.0488. The van der Waals surface area contributed by atoms with E-state index in [9.17, 15) is 9.59 Å². The lowest BCUT2D eigenvalue weighted by Crippen LogP contribution is -2.30. The third-order valence-electron chi connectivity index (χ3n) is 3.63. The molecule has 0 saturated carbocycles. The number of aromatic nitrogens is 3. The molecule has 0 spiro atoms. The second-order valence-corrected chi connectivity index (χ2v) is 5.38. The van der Waals surface area contributed by atoms with Crippen molar-refractivity contribution in [2.75, 3.05) is 5.32 Å². The molecule has 6 nitrogen and oxygen atoms in total. The van der Waals surface area contributed by atoms with Gasteiger partial charge in [0.1, 0.15) is 12.4 Å². The van der Waals surface area contributed by atoms with Gasteiger partial charge in [-0.05, 0) is 37.5 Å². The van der Waals surface area contributed by atoms with Gasteiger partial charge in [-0.1, -0.05) is 12.1 Å². The van der Waals surface area contributed by atoms with Crippen LogP contribution in [0, 0.1) is 6.92 Å². The maximum absolute atomic E-state index is 12.1. The van der Waals surface area contributed by atoms with Crippen molar-refractivity contribution < 1.29 is 4.79 Å². The molecule has 2 heterocycles. The molecule has 0 aliphatic carbocycles. The Morgan fingerprint density at radius 3 is 3.00 bits per heavy atom. The van der Waals surface area contributed by atoms with E-state index in [2.05, 4.69) is 10.4 Å². The van der Waals surface area contributed by atoms with Gasteiger partial charge in [0.25, 0.3) is 0 Å². The fourth-order valence-electron chi connectivity index (χ4n) is 2.61. The number of amides is 1. The SMILES string of the molecule is Cc1cccc(NC(=O)Cn2nc3n(c2=O)CCCC3)c1. The first kappa shape index (κ1) is 13.6. The number of hydrogen-bond acceptors (Lipinski definition) is 3. The number of fused-ring (bicyclic) bond motifs is 1. The minimum Gasteiger partial charge on any atom is -0.324 e. The standard InChI is InChI=1S/C15H18N4O2/c1-11-5-4-6-12(9-11)16-14(20)10-19-15(21)18-8-3-2-7-13(18)17-19/h4-6,9H,2-3,7-8,10H2,1H3,(H,16,20). The molecule has 110 valence electrons. The zero-order chi connectivity index (χ0) is 14.8. The summed E-state index contributed by atoms with van der Waals surface area (Å²) < 4.78 is 2.93. The molecule has 2 aromatic rings. The van der Waals surface area contributed by atoms with E-state index in [-0.39, 0.29) is 18.1 Å². The second-order valence-electron chi connectivity index (χ2n) is 5.38. The van der Waals surface area contributed by atoms with Crippen LogP contribution in [0.2, 0.25) is 0 Å². The molecule has 6 heteroatoms. The first-order valence-electron chi connectivity index (χ1n) is 7.16. The summed E-state index contributed by atoms with van der Waals surface area (Å²) in [4.78, 5) is 24.2. The Hall–Kier alpha value is -2.37. The Labute approximate surface area is 122 Å². The van der Waals surface area contributed by atoms with Crippen molar-refractivity contribution in [2.24, 2.45) is 0 Å². The van der Waals surface area contributed by atoms with E-state index in [0.717, 1.165) is 36.3 Å². The smallest absolute Gasteiger partial charge is 0.324 e. The summed E-state index contributed by atoms with van der Waals surface area (Å²) in [5.74, 6) is 0.549. The highest BCUT2D eigenvalue weighted by Gasteiger charge is 2.18. The topological polar surface area (TPSA) is 68.9 Å². The van der Waals surface area contributed by atoms with E-state index in [0.29, 0.717) is 6.54 Å². The highest BCUT2D eigenvalue weighted by molar-refractivity contribution is 5.90. The molecular weight excluding hydrogens is 268 g/mol. The summed E-state index contributed by atoms with van der Waals surface area (Å²) in [5, 5.41) is 7.05. The predicted octanol–water partition coefficient (Wildman–Crippen LogP) is 1.33. The van der Waals surface area contributed by atoms with Gasteiger partial charge in [-0.15, -0.1) is 0 Å². The van der Waals surface area contributed by atoms with Crippen LogP contribution in [0.15, 0.2) is 29.1 Å². The fraction of sp³-hybridized carbons (Fsp3) is 0.400. The molecule has 0 radical (unpaired) electrons. The highest BCUT2D eigenvalue weighted by Crippen LogP contribution is 2.11. The van der Waals surface area contributed by atoms with Crippen molar-refractivity contribution in [1.82, 2.24) is 14.3 Å². The zero-order valence-electron chi connectivity index (χ0n) is 12.0. The fourth-order valence-corrected chi connectivity index (χ4v) is 2.61. The van der Waals surface area contributed by atoms with E-state index < -0.39 is 0 Å². The van der Waals surface area contributed by atoms with Gasteiger partial charge >= 0.3 is 5.69 Å². The molecule has 0 atom stereocenters. The van der Waals surface area contributed by atoms with Crippen LogP contribution in [0.1, 0.15) is 24.2 Å². The number of benzene rings is 1. The van der Waals surface area contributed by atoms with Crippen LogP contribution in [-0.4, -0.2) is 20.3 Å². The summed E-state index contributed by atoms with van der Waals surface area (Å²) in [5.41, 5.74) is 1.61. The second kappa shape index (κ2) is 5.55. The van der Waals surface area contributed by atoms with Crippen LogP contribution >= 0.6 is 0 Å². The molecule has 1 aromatic carbocycles. The summed E-state index contributed by atoms with van der Waals surface area (Å²) in [6.45, 7) is 2.62. The average Bonchev–Trinajstić information content (AvgIpc) is 2.76. The van der Waals surface area contributed by atoms with Gasteiger partial charge in [0, 0.05) is 18.7 Å². The van der Waals surface area contributed by atoms with Crippen molar-refractivity contribution in [3.05, 3.63) is 46.1 Å². The maximum atomic E-state index is 12.1. The van der Waals surface area contributed by atoms with Crippen molar-refractivity contribution in [1.29, 1.82) is 0 Å². The molecule has 0 saturated heterocycles. The number of rotatable bonds is 3. The molecule has 0 bridgehead atoms. The average molecular weight is 286 g/mol. The van der Waals surface area contributed by atoms with Gasteiger partial charge in [0.05, 0.1) is 0 Å². The van der Waals surface area contributed by atoms with E-state index in [4.69, 9.17) is 0 Å². The third-order valence-corrected chi connectivity index (χ3v) is 3.63. The summed E-state index contributed by atoms with van der Waals surface area (Å²) >= 11 is 0. The largest absolute Gasteiger partial charge is 0.346 e. The third kappa shape index (κ3) is 2.89. The molecule has 0 fully saturated rings. The van der Waals surface area contributed by atoms with Gasteiger partial charge in [-0.3, -0.25) is 9.36 Å². The van der Waals surface area contributed by atoms with Gasteiger partial charge in [-0.25, -0.2) is 9.48 Å². The van der Waals surface area contributed by atoms with Crippen molar-refractivity contribution in [2.45, 2.75) is 39.3 Å². The summed E-state index contributed by atoms with van der Waals surface area (Å²) in [6, 6.07) is 7.56. The number of nitrogens with one attached hydrogen (secondary N) is 1. The molecule has 21 heavy (non-hydrogen) atoms. The molecule has 1 amide bonds. The first-order chi connectivity index (χ1) is 10.1. The lowest BCUT2D eigenvalue weighted by atomic mass is 10.2. The quantitative estimate of drug-likeness (QED) is 0.925. The molecule has 1 aliphatic rings. The molecule has 0 unspecified atom stereocenters. The number of anilines is 1. The normalized spacial score (nSPS) is 13.8. The van der Waals surface area contributed by atoms with Crippen LogP contribution in [0.25, 0.3) is 0 Å². The Bertz CT molecular complexity index is 730. The van der Waals surface area contributed by atoms with Gasteiger partial charge < -0.3 is 5.32 Å². The number of nitrogens with zero attached hydrogens (tertiary/aromatic N) is 3. The van der Waals surface area contributed by atoms with Crippen LogP contribution in [0.5, 0.6) is 0 Å². The lowest BCUT2D eigenvalue weighted by Gasteiger charge is -2.09. The number of hydrogen-bond donors (Lipinski definition) is 1. The Balaban J connectivity index is 1.73. The van der Waals surface area contributed by atoms with Crippen molar-refractivity contribution >= 4 is 11.6 Å². The molecule has 3 rings (SSSR count). The number of carbonyl (C=O) groups is 1. The lowest BCUT2D eigenvalue weighted by molar-refractivity contribution is -0.117. The first-order valence-corrected chi connectivity index (χ1v) is 7.16. The van der Waals surface area contributed by atoms with Crippen LogP contribution < -0.4 is 11.0 Å². The van der Waals surface area contributed by atoms with Crippen LogP contribution in [-0.2, 0) is 24.3 Å². The highest BCUT2D eigenvalue weighted by atomic mass is 16.2. The van der Waals surface area contributed by atoms with Crippen LogP contribution in [0.4, 0.5) is 5.69 Å².